The first-order valence-electron chi connectivity index (χ1n) is 5.66. The maximum atomic E-state index is 12.3. The van der Waals surface area contributed by atoms with Gasteiger partial charge in [-0.25, -0.2) is 8.78 Å². The average molecular weight is 240 g/mol. The lowest BCUT2D eigenvalue weighted by Crippen LogP contribution is -1.89. The first kappa shape index (κ1) is 13.6. The zero-order chi connectivity index (χ0) is 12.5. The Morgan fingerprint density at radius 1 is 1.29 bits per heavy atom. The van der Waals surface area contributed by atoms with Gasteiger partial charge in [-0.05, 0) is 18.4 Å². The Labute approximate surface area is 100 Å². The summed E-state index contributed by atoms with van der Waals surface area (Å²) >= 11 is 0. The van der Waals surface area contributed by atoms with Crippen molar-refractivity contribution in [2.45, 2.75) is 39.2 Å². The van der Waals surface area contributed by atoms with Crippen LogP contribution in [0, 0.1) is 0 Å². The molecule has 0 saturated heterocycles. The minimum absolute atomic E-state index is 0.0201. The smallest absolute Gasteiger partial charge is 0.263 e. The first-order valence-corrected chi connectivity index (χ1v) is 5.66. The second-order valence-corrected chi connectivity index (χ2v) is 3.67. The van der Waals surface area contributed by atoms with Crippen molar-refractivity contribution in [3.8, 4) is 0 Å². The van der Waals surface area contributed by atoms with E-state index in [4.69, 9.17) is 4.84 Å². The zero-order valence-electron chi connectivity index (χ0n) is 9.83. The van der Waals surface area contributed by atoms with Gasteiger partial charge in [0.2, 0.25) is 0 Å². The van der Waals surface area contributed by atoms with Crippen LogP contribution in [-0.4, -0.2) is 6.21 Å². The number of alkyl halides is 2. The lowest BCUT2D eigenvalue weighted by molar-refractivity contribution is 0.131. The summed E-state index contributed by atoms with van der Waals surface area (Å²) in [7, 11) is 0. The molecule has 0 N–H and O–H groups in total. The largest absolute Gasteiger partial charge is 0.391 e. The van der Waals surface area contributed by atoms with E-state index in [0.717, 1.165) is 24.8 Å². The molecule has 1 aromatic rings. The molecule has 93 valence electrons. The van der Waals surface area contributed by atoms with Crippen molar-refractivity contribution in [2.75, 3.05) is 0 Å². The van der Waals surface area contributed by atoms with Gasteiger partial charge in [0.1, 0.15) is 12.8 Å². The van der Waals surface area contributed by atoms with Crippen LogP contribution in [0.2, 0.25) is 0 Å². The van der Waals surface area contributed by atoms with Gasteiger partial charge in [-0.1, -0.05) is 42.8 Å². The molecule has 0 unspecified atom stereocenters. The SMILES string of the molecule is CCCC/[C]=N/OCc1ccc(C(F)F)cc1. The second-order valence-electron chi connectivity index (χ2n) is 3.67. The molecule has 0 saturated carbocycles. The number of hydrogen-bond donors (Lipinski definition) is 0. The maximum absolute atomic E-state index is 12.3. The molecule has 0 heterocycles. The van der Waals surface area contributed by atoms with Crippen molar-refractivity contribution < 1.29 is 13.6 Å². The highest BCUT2D eigenvalue weighted by Crippen LogP contribution is 2.18. The number of hydrogen-bond acceptors (Lipinski definition) is 2. The van der Waals surface area contributed by atoms with E-state index in [0.29, 0.717) is 0 Å². The highest BCUT2D eigenvalue weighted by atomic mass is 19.3. The minimum atomic E-state index is -2.43. The van der Waals surface area contributed by atoms with E-state index in [1.807, 2.05) is 0 Å². The fraction of sp³-hybridized carbons (Fsp3) is 0.462. The monoisotopic (exact) mass is 240 g/mol. The highest BCUT2D eigenvalue weighted by molar-refractivity contribution is 5.56. The Morgan fingerprint density at radius 3 is 2.59 bits per heavy atom. The van der Waals surface area contributed by atoms with Crippen LogP contribution in [0.15, 0.2) is 29.4 Å². The summed E-state index contributed by atoms with van der Waals surface area (Å²) in [5.74, 6) is 0. The van der Waals surface area contributed by atoms with E-state index in [1.165, 1.54) is 12.1 Å². The molecule has 0 fully saturated rings. The van der Waals surface area contributed by atoms with Crippen molar-refractivity contribution in [1.29, 1.82) is 0 Å². The molecule has 0 aliphatic rings. The Kier molecular flexibility index (Phi) is 6.22. The lowest BCUT2D eigenvalue weighted by atomic mass is 10.1. The van der Waals surface area contributed by atoms with Crippen LogP contribution in [0.4, 0.5) is 8.78 Å². The summed E-state index contributed by atoms with van der Waals surface area (Å²) < 4.78 is 24.5. The van der Waals surface area contributed by atoms with Crippen LogP contribution in [0.3, 0.4) is 0 Å². The van der Waals surface area contributed by atoms with Gasteiger partial charge in [0, 0.05) is 5.56 Å². The predicted molar refractivity (Wildman–Crippen MR) is 63.1 cm³/mol. The number of benzene rings is 1. The fourth-order valence-electron chi connectivity index (χ4n) is 1.21. The van der Waals surface area contributed by atoms with Gasteiger partial charge in [0.25, 0.3) is 6.43 Å². The Morgan fingerprint density at radius 2 is 2.00 bits per heavy atom. The third-order valence-corrected chi connectivity index (χ3v) is 2.23. The molecule has 0 amide bonds. The Bertz CT molecular complexity index is 336. The summed E-state index contributed by atoms with van der Waals surface area (Å²) in [5.41, 5.74) is 0.835. The van der Waals surface area contributed by atoms with E-state index in [-0.39, 0.29) is 12.2 Å². The summed E-state index contributed by atoms with van der Waals surface area (Å²) in [6.07, 6.45) is 3.25. The van der Waals surface area contributed by atoms with Gasteiger partial charge in [0.05, 0.1) is 0 Å². The van der Waals surface area contributed by atoms with E-state index in [1.54, 1.807) is 12.1 Å². The van der Waals surface area contributed by atoms with E-state index in [2.05, 4.69) is 18.3 Å². The van der Waals surface area contributed by atoms with E-state index < -0.39 is 6.43 Å². The van der Waals surface area contributed by atoms with Gasteiger partial charge >= 0.3 is 0 Å². The maximum Gasteiger partial charge on any atom is 0.263 e. The average Bonchev–Trinajstić information content (AvgIpc) is 2.34. The molecule has 0 aromatic heterocycles. The second kappa shape index (κ2) is 7.76. The van der Waals surface area contributed by atoms with Crippen molar-refractivity contribution >= 4 is 6.21 Å². The van der Waals surface area contributed by atoms with Crippen LogP contribution >= 0.6 is 0 Å². The number of unbranched alkanes of at least 4 members (excludes halogenated alkanes) is 2. The molecule has 0 aliphatic carbocycles. The minimum Gasteiger partial charge on any atom is -0.391 e. The van der Waals surface area contributed by atoms with Crippen molar-refractivity contribution in [3.05, 3.63) is 35.4 Å². The lowest BCUT2D eigenvalue weighted by Gasteiger charge is -2.02. The molecule has 17 heavy (non-hydrogen) atoms. The molecule has 4 heteroatoms. The Hall–Kier alpha value is -1.45. The first-order chi connectivity index (χ1) is 8.24. The standard InChI is InChI=1S/C13H16F2NO/c1-2-3-4-9-16-17-10-11-5-7-12(8-6-11)13(14)15/h5-8,13H,2-4,10H2,1H3. The van der Waals surface area contributed by atoms with Crippen LogP contribution in [-0.2, 0) is 11.4 Å². The van der Waals surface area contributed by atoms with E-state index in [9.17, 15) is 8.78 Å². The number of halogens is 2. The van der Waals surface area contributed by atoms with Gasteiger partial charge in [0.15, 0.2) is 0 Å². The van der Waals surface area contributed by atoms with E-state index >= 15 is 0 Å². The zero-order valence-corrected chi connectivity index (χ0v) is 9.83. The molecule has 2 nitrogen and oxygen atoms in total. The summed E-state index contributed by atoms with van der Waals surface area (Å²) in [5, 5.41) is 3.66. The molecule has 1 radical (unpaired) electrons. The van der Waals surface area contributed by atoms with Gasteiger partial charge in [-0.15, -0.1) is 0 Å². The van der Waals surface area contributed by atoms with Crippen LogP contribution in [0.1, 0.15) is 43.7 Å². The van der Waals surface area contributed by atoms with Crippen molar-refractivity contribution in [2.24, 2.45) is 5.16 Å². The third kappa shape index (κ3) is 5.43. The predicted octanol–water partition coefficient (Wildman–Crippen LogP) is 4.19. The van der Waals surface area contributed by atoms with Crippen LogP contribution in [0.25, 0.3) is 0 Å². The summed E-state index contributed by atoms with van der Waals surface area (Å²) in [6.45, 7) is 2.37. The van der Waals surface area contributed by atoms with Gasteiger partial charge in [-0.3, -0.25) is 0 Å². The van der Waals surface area contributed by atoms with Crippen LogP contribution < -0.4 is 0 Å². The third-order valence-electron chi connectivity index (χ3n) is 2.23. The quantitative estimate of drug-likeness (QED) is 0.398. The fourth-order valence-corrected chi connectivity index (χ4v) is 1.21. The molecule has 1 rings (SSSR count). The molecule has 0 aliphatic heterocycles. The molecule has 0 spiro atoms. The van der Waals surface area contributed by atoms with Crippen LogP contribution in [0.5, 0.6) is 0 Å². The number of nitrogens with zero attached hydrogens (tertiary/aromatic N) is 1. The van der Waals surface area contributed by atoms with Gasteiger partial charge in [-0.2, -0.15) is 0 Å². The number of rotatable bonds is 7. The summed E-state index contributed by atoms with van der Waals surface area (Å²) in [6, 6.07) is 6.02. The summed E-state index contributed by atoms with van der Waals surface area (Å²) in [4.78, 5) is 4.99. The van der Waals surface area contributed by atoms with Crippen molar-refractivity contribution in [3.63, 3.8) is 0 Å². The topological polar surface area (TPSA) is 21.6 Å². The Balaban J connectivity index is 2.30. The molecular formula is C13H16F2NO. The van der Waals surface area contributed by atoms with Crippen molar-refractivity contribution in [1.82, 2.24) is 0 Å². The van der Waals surface area contributed by atoms with Gasteiger partial charge < -0.3 is 4.84 Å². The molecule has 0 atom stereocenters. The highest BCUT2D eigenvalue weighted by Gasteiger charge is 2.05. The normalized spacial score (nSPS) is 11.3. The molecule has 1 aromatic carbocycles. The molecular weight excluding hydrogens is 224 g/mol. The molecule has 0 bridgehead atoms.